The molecular formula is C14H19N3O2S. The Kier molecular flexibility index (Phi) is 3.96. The van der Waals surface area contributed by atoms with E-state index in [0.717, 1.165) is 11.4 Å². The normalized spacial score (nSPS) is 13.7. The summed E-state index contributed by atoms with van der Waals surface area (Å²) < 4.78 is 24.8. The van der Waals surface area contributed by atoms with Gasteiger partial charge in [-0.25, -0.2) is 13.4 Å². The summed E-state index contributed by atoms with van der Waals surface area (Å²) in [6, 6.07) is 6.58. The highest BCUT2D eigenvalue weighted by molar-refractivity contribution is 7.90. The Hall–Kier alpha value is -1.66. The molecule has 1 unspecified atom stereocenters. The van der Waals surface area contributed by atoms with E-state index in [2.05, 4.69) is 18.8 Å². The second-order valence-corrected chi connectivity index (χ2v) is 7.24. The minimum atomic E-state index is -3.18. The maximum Gasteiger partial charge on any atom is 0.175 e. The third kappa shape index (κ3) is 2.91. The molecule has 5 nitrogen and oxygen atoms in total. The Bertz CT molecular complexity index is 687. The number of nitrogens with zero attached hydrogens (tertiary/aromatic N) is 2. The Morgan fingerprint density at radius 2 is 1.80 bits per heavy atom. The summed E-state index contributed by atoms with van der Waals surface area (Å²) >= 11 is 0. The zero-order valence-corrected chi connectivity index (χ0v) is 12.6. The Labute approximate surface area is 119 Å². The van der Waals surface area contributed by atoms with Gasteiger partial charge in [0.1, 0.15) is 0 Å². The summed E-state index contributed by atoms with van der Waals surface area (Å²) in [6.07, 6.45) is 4.63. The molecule has 2 aromatic rings. The smallest absolute Gasteiger partial charge is 0.175 e. The van der Waals surface area contributed by atoms with E-state index < -0.39 is 9.84 Å². The van der Waals surface area contributed by atoms with Crippen LogP contribution < -0.4 is 5.73 Å². The molecule has 1 aromatic heterocycles. The van der Waals surface area contributed by atoms with Crippen molar-refractivity contribution >= 4 is 9.84 Å². The van der Waals surface area contributed by atoms with E-state index in [1.807, 2.05) is 4.57 Å². The maximum absolute atomic E-state index is 11.5. The van der Waals surface area contributed by atoms with Crippen LogP contribution >= 0.6 is 0 Å². The van der Waals surface area contributed by atoms with E-state index in [9.17, 15) is 8.42 Å². The van der Waals surface area contributed by atoms with E-state index in [-0.39, 0.29) is 6.04 Å². The van der Waals surface area contributed by atoms with Crippen LogP contribution in [0.15, 0.2) is 41.7 Å². The van der Waals surface area contributed by atoms with Crippen molar-refractivity contribution in [3.05, 3.63) is 42.5 Å². The third-order valence-electron chi connectivity index (χ3n) is 3.27. The van der Waals surface area contributed by atoms with Crippen LogP contribution in [-0.2, 0) is 9.84 Å². The molecule has 1 atom stereocenters. The van der Waals surface area contributed by atoms with Gasteiger partial charge in [0.05, 0.1) is 23.1 Å². The molecular weight excluding hydrogens is 274 g/mol. The van der Waals surface area contributed by atoms with Crippen LogP contribution in [0.1, 0.15) is 25.6 Å². The summed E-state index contributed by atoms with van der Waals surface area (Å²) in [5.74, 6) is 0.292. The average molecular weight is 293 g/mol. The first-order valence-corrected chi connectivity index (χ1v) is 8.28. The Morgan fingerprint density at radius 1 is 1.20 bits per heavy atom. The lowest BCUT2D eigenvalue weighted by atomic mass is 10.0. The molecule has 1 aromatic carbocycles. The van der Waals surface area contributed by atoms with Gasteiger partial charge in [-0.3, -0.25) is 0 Å². The van der Waals surface area contributed by atoms with Crippen molar-refractivity contribution in [1.29, 1.82) is 0 Å². The molecule has 0 aliphatic heterocycles. The molecule has 0 fully saturated rings. The molecule has 0 saturated heterocycles. The molecule has 20 heavy (non-hydrogen) atoms. The second-order valence-electron chi connectivity index (χ2n) is 5.22. The molecule has 108 valence electrons. The van der Waals surface area contributed by atoms with Crippen LogP contribution in [0.2, 0.25) is 0 Å². The highest BCUT2D eigenvalue weighted by atomic mass is 32.2. The zero-order chi connectivity index (χ0) is 14.9. The van der Waals surface area contributed by atoms with Crippen LogP contribution in [0.25, 0.3) is 5.69 Å². The summed E-state index contributed by atoms with van der Waals surface area (Å²) in [5, 5.41) is 0. The standard InChI is InChI=1S/C14H19N3O2S/c1-10(2)14(15)13-8-16-9-17(13)11-4-6-12(7-5-11)20(3,18)19/h4-10,14H,15H2,1-3H3. The van der Waals surface area contributed by atoms with Crippen LogP contribution in [0.5, 0.6) is 0 Å². The van der Waals surface area contributed by atoms with E-state index >= 15 is 0 Å². The highest BCUT2D eigenvalue weighted by Crippen LogP contribution is 2.22. The van der Waals surface area contributed by atoms with Crippen LogP contribution in [0.4, 0.5) is 0 Å². The lowest BCUT2D eigenvalue weighted by molar-refractivity contribution is 0.497. The van der Waals surface area contributed by atoms with Gasteiger partial charge in [0.2, 0.25) is 0 Å². The van der Waals surface area contributed by atoms with Gasteiger partial charge in [-0.2, -0.15) is 0 Å². The third-order valence-corrected chi connectivity index (χ3v) is 4.40. The SMILES string of the molecule is CC(C)C(N)c1cncn1-c1ccc(S(C)(=O)=O)cc1. The zero-order valence-electron chi connectivity index (χ0n) is 11.8. The van der Waals surface area contributed by atoms with Crippen molar-refractivity contribution in [2.24, 2.45) is 11.7 Å². The van der Waals surface area contributed by atoms with Gasteiger partial charge in [-0.1, -0.05) is 13.8 Å². The van der Waals surface area contributed by atoms with Gasteiger partial charge in [0, 0.05) is 18.0 Å². The fraction of sp³-hybridized carbons (Fsp3) is 0.357. The Balaban J connectivity index is 2.41. The summed E-state index contributed by atoms with van der Waals surface area (Å²) in [5.41, 5.74) is 7.92. The van der Waals surface area contributed by atoms with E-state index in [4.69, 9.17) is 5.73 Å². The summed E-state index contributed by atoms with van der Waals surface area (Å²) in [4.78, 5) is 4.44. The van der Waals surface area contributed by atoms with Gasteiger partial charge in [-0.15, -0.1) is 0 Å². The number of sulfone groups is 1. The maximum atomic E-state index is 11.5. The van der Waals surface area contributed by atoms with Gasteiger partial charge in [-0.05, 0) is 30.2 Å². The van der Waals surface area contributed by atoms with Crippen molar-refractivity contribution in [1.82, 2.24) is 9.55 Å². The molecule has 0 saturated carbocycles. The Morgan fingerprint density at radius 3 is 2.30 bits per heavy atom. The second kappa shape index (κ2) is 5.38. The summed E-state index contributed by atoms with van der Waals surface area (Å²) in [7, 11) is -3.18. The van der Waals surface area contributed by atoms with Gasteiger partial charge >= 0.3 is 0 Å². The number of imidazole rings is 1. The first kappa shape index (κ1) is 14.7. The van der Waals surface area contributed by atoms with Crippen molar-refractivity contribution in [3.63, 3.8) is 0 Å². The number of hydrogen-bond acceptors (Lipinski definition) is 4. The molecule has 0 spiro atoms. The number of rotatable bonds is 4. The molecule has 0 radical (unpaired) electrons. The topological polar surface area (TPSA) is 78.0 Å². The van der Waals surface area contributed by atoms with Gasteiger partial charge in [0.15, 0.2) is 9.84 Å². The highest BCUT2D eigenvalue weighted by Gasteiger charge is 2.16. The van der Waals surface area contributed by atoms with Crippen LogP contribution in [-0.4, -0.2) is 24.2 Å². The lowest BCUT2D eigenvalue weighted by Crippen LogP contribution is -2.19. The molecule has 0 bridgehead atoms. The lowest BCUT2D eigenvalue weighted by Gasteiger charge is -2.18. The number of aromatic nitrogens is 2. The van der Waals surface area contributed by atoms with Crippen LogP contribution in [0, 0.1) is 5.92 Å². The predicted octanol–water partition coefficient (Wildman–Crippen LogP) is 1.93. The first-order chi connectivity index (χ1) is 9.30. The summed E-state index contributed by atoms with van der Waals surface area (Å²) in [6.45, 7) is 4.10. The van der Waals surface area contributed by atoms with E-state index in [0.29, 0.717) is 10.8 Å². The minimum Gasteiger partial charge on any atom is -0.322 e. The quantitative estimate of drug-likeness (QED) is 0.934. The number of nitrogens with two attached hydrogens (primary N) is 1. The predicted molar refractivity (Wildman–Crippen MR) is 78.4 cm³/mol. The largest absolute Gasteiger partial charge is 0.322 e. The fourth-order valence-electron chi connectivity index (χ4n) is 1.96. The van der Waals surface area contributed by atoms with E-state index in [1.54, 1.807) is 36.8 Å². The fourth-order valence-corrected chi connectivity index (χ4v) is 2.59. The molecule has 1 heterocycles. The average Bonchev–Trinajstić information content (AvgIpc) is 2.85. The molecule has 0 amide bonds. The molecule has 2 N–H and O–H groups in total. The van der Waals surface area contributed by atoms with Crippen molar-refractivity contribution in [2.45, 2.75) is 24.8 Å². The minimum absolute atomic E-state index is 0.118. The molecule has 2 rings (SSSR count). The first-order valence-electron chi connectivity index (χ1n) is 6.39. The van der Waals surface area contributed by atoms with Gasteiger partial charge in [0.25, 0.3) is 0 Å². The monoisotopic (exact) mass is 293 g/mol. The van der Waals surface area contributed by atoms with Gasteiger partial charge < -0.3 is 10.3 Å². The number of hydrogen-bond donors (Lipinski definition) is 1. The van der Waals surface area contributed by atoms with Crippen molar-refractivity contribution in [2.75, 3.05) is 6.26 Å². The number of benzene rings is 1. The molecule has 0 aliphatic rings. The van der Waals surface area contributed by atoms with Crippen molar-refractivity contribution < 1.29 is 8.42 Å². The van der Waals surface area contributed by atoms with Crippen molar-refractivity contribution in [3.8, 4) is 5.69 Å². The molecule has 6 heteroatoms. The molecule has 0 aliphatic carbocycles. The van der Waals surface area contributed by atoms with Crippen LogP contribution in [0.3, 0.4) is 0 Å². The van der Waals surface area contributed by atoms with E-state index in [1.165, 1.54) is 6.26 Å².